The number of allylic oxidation sites excluding steroid dienone is 4. The molecule has 79 heavy (non-hydrogen) atoms. The third-order valence-electron chi connectivity index (χ3n) is 17.6. The molecule has 0 aliphatic carbocycles. The zero-order valence-electron chi connectivity index (χ0n) is 47.7. The smallest absolute Gasteiger partial charge is 0.682 e. The molecular weight excluding hydrogens is 1070 g/mol. The number of nitrogens with one attached hydrogen (secondary N) is 1. The van der Waals surface area contributed by atoms with Crippen molar-refractivity contribution < 1.29 is 88.6 Å². The van der Waals surface area contributed by atoms with Crippen LogP contribution in [0, 0.1) is 63.1 Å². The van der Waals surface area contributed by atoms with Crippen molar-refractivity contribution in [1.29, 1.82) is 10.5 Å². The monoisotopic (exact) mass is 1150 g/mol. The number of methoxy groups -OCH3 is 5. The number of ether oxygens (including phenoxy) is 7. The van der Waals surface area contributed by atoms with Gasteiger partial charge in [-0.15, -0.1) is 0 Å². The Hall–Kier alpha value is -6.27. The van der Waals surface area contributed by atoms with Crippen LogP contribution in [0.25, 0.3) is 5.32 Å². The minimum atomic E-state index is -1.52. The first-order valence-electron chi connectivity index (χ1n) is 25.9. The average molecular weight is 1150 g/mol. The maximum Gasteiger partial charge on any atom is 3.00 e. The number of nitrogens with zero attached hydrogens (tertiary/aromatic N) is 6. The number of carbonyl (C=O) groups is 7. The number of hydrogen-bond donors (Lipinski definition) is 2. The van der Waals surface area contributed by atoms with Gasteiger partial charge in [-0.25, -0.2) is 0 Å². The molecular formula is C56H76CoN7O15. The van der Waals surface area contributed by atoms with Crippen LogP contribution in [-0.2, 0) is 83.5 Å². The molecule has 22 nitrogen and oxygen atoms in total. The summed E-state index contributed by atoms with van der Waals surface area (Å²) in [6, 6.07) is -0.912. The molecule has 6 heterocycles. The largest absolute Gasteiger partial charge is 3.00 e. The third kappa shape index (κ3) is 12.5. The summed E-state index contributed by atoms with van der Waals surface area (Å²) < 4.78 is 38.2. The summed E-state index contributed by atoms with van der Waals surface area (Å²) in [5.74, 6) is -5.25. The van der Waals surface area contributed by atoms with Crippen LogP contribution in [0.2, 0.25) is 0 Å². The number of rotatable bonds is 21. The summed E-state index contributed by atoms with van der Waals surface area (Å²) in [5, 5.41) is 30.2. The van der Waals surface area contributed by atoms with Crippen molar-refractivity contribution in [3.63, 3.8) is 0 Å². The summed E-state index contributed by atoms with van der Waals surface area (Å²) in [5.41, 5.74) is -3.16. The van der Waals surface area contributed by atoms with Crippen molar-refractivity contribution in [3.8, 4) is 0 Å². The van der Waals surface area contributed by atoms with Gasteiger partial charge in [0.15, 0.2) is 5.60 Å². The van der Waals surface area contributed by atoms with Gasteiger partial charge < -0.3 is 72.6 Å². The van der Waals surface area contributed by atoms with Gasteiger partial charge in [0.05, 0.1) is 90.6 Å². The number of fused-ring (bicyclic) bond motifs is 9. The maximum absolute atomic E-state index is 14.1. The van der Waals surface area contributed by atoms with Gasteiger partial charge in [-0.3, -0.25) is 48.5 Å². The molecule has 1 unspecified atom stereocenters. The second-order valence-electron chi connectivity index (χ2n) is 21.8. The van der Waals surface area contributed by atoms with Crippen molar-refractivity contribution >= 4 is 58.9 Å². The van der Waals surface area contributed by atoms with Gasteiger partial charge >= 0.3 is 52.6 Å². The van der Waals surface area contributed by atoms with Crippen LogP contribution in [0.3, 0.4) is 0 Å². The van der Waals surface area contributed by atoms with E-state index in [0.29, 0.717) is 45.4 Å². The van der Waals surface area contributed by atoms with Crippen molar-refractivity contribution in [1.82, 2.24) is 5.32 Å². The molecule has 6 aliphatic rings. The Bertz CT molecular complexity index is 2600. The van der Waals surface area contributed by atoms with Crippen LogP contribution in [-0.4, -0.2) is 143 Å². The van der Waals surface area contributed by atoms with Gasteiger partial charge in [-0.2, -0.15) is 5.70 Å². The van der Waals surface area contributed by atoms with Crippen LogP contribution in [0.15, 0.2) is 49.3 Å². The predicted octanol–water partition coefficient (Wildman–Crippen LogP) is 5.97. The molecule has 2 N–H and O–H groups in total. The first kappa shape index (κ1) is 67.0. The fourth-order valence-electron chi connectivity index (χ4n) is 13.0. The maximum atomic E-state index is 14.1. The number of aliphatic hydroxyl groups is 1. The fraction of sp³-hybridized carbons (Fsp3) is 0.679. The second kappa shape index (κ2) is 27.3. The van der Waals surface area contributed by atoms with Crippen molar-refractivity contribution in [2.24, 2.45) is 54.4 Å². The Morgan fingerprint density at radius 1 is 0.759 bits per heavy atom. The molecule has 2 saturated heterocycles. The van der Waals surface area contributed by atoms with Crippen LogP contribution in [0.5, 0.6) is 0 Å². The number of esters is 6. The molecule has 6 aliphatic heterocycles. The Morgan fingerprint density at radius 3 is 1.90 bits per heavy atom. The molecule has 0 aromatic rings. The van der Waals surface area contributed by atoms with Gasteiger partial charge in [0, 0.05) is 84.9 Å². The van der Waals surface area contributed by atoms with Gasteiger partial charge in [0.25, 0.3) is 0 Å². The van der Waals surface area contributed by atoms with Gasteiger partial charge in [-0.1, -0.05) is 33.7 Å². The van der Waals surface area contributed by atoms with Gasteiger partial charge in [0.1, 0.15) is 0 Å². The van der Waals surface area contributed by atoms with E-state index in [4.69, 9.17) is 82.2 Å². The molecule has 0 saturated carbocycles. The molecule has 0 spiro atoms. The Kier molecular flexibility index (Phi) is 23.1. The van der Waals surface area contributed by atoms with Gasteiger partial charge in [-0.05, 0) is 75.5 Å². The Balaban J connectivity index is 0.00000320. The zero-order valence-corrected chi connectivity index (χ0v) is 48.7. The summed E-state index contributed by atoms with van der Waals surface area (Å²) in [6.07, 6.45) is 1.73. The number of aliphatic imine (C=N–C) groups is 3. The van der Waals surface area contributed by atoms with Crippen LogP contribution < -0.4 is 5.32 Å². The first-order chi connectivity index (χ1) is 36.8. The second-order valence-corrected chi connectivity index (χ2v) is 21.8. The summed E-state index contributed by atoms with van der Waals surface area (Å²) in [6.45, 7) is 25.3. The number of hydrogen-bond acceptors (Lipinski definition) is 20. The minimum absolute atomic E-state index is 0. The summed E-state index contributed by atoms with van der Waals surface area (Å²) in [4.78, 5) is 112. The SMILES string of the molecule is COC(=O)CC[C@@H]1C2=NC(=C/C3=N/C(=C(/C)C4=N[C@@](C)(C5[N-]/C(=C\2C)[C@](C)(CCC(=O)OC)[C@H]5CC(=O)OC)[C@@](C)(CC(=O)OC)[C@@H]4CCC(=O)OC)[C@@]2(C)CC(=O)O[C@@]32CCC(=O)NCCOCCO)\C1(C)C.[C-]#N.[C-]#N.[Co+3]. The zero-order chi connectivity index (χ0) is 58.8. The molecule has 8 bridgehead atoms. The number of carbonyl (C=O) groups excluding carboxylic acids is 7. The van der Waals surface area contributed by atoms with E-state index in [9.17, 15) is 33.6 Å². The molecule has 9 atom stereocenters. The van der Waals surface area contributed by atoms with E-state index in [1.54, 1.807) is 0 Å². The van der Waals surface area contributed by atoms with Crippen molar-refractivity contribution in [3.05, 3.63) is 52.8 Å². The third-order valence-corrected chi connectivity index (χ3v) is 17.6. The van der Waals surface area contributed by atoms with E-state index >= 15 is 0 Å². The first-order valence-corrected chi connectivity index (χ1v) is 25.9. The van der Waals surface area contributed by atoms with E-state index in [-0.39, 0.29) is 120 Å². The van der Waals surface area contributed by atoms with Gasteiger partial charge in [0.2, 0.25) is 5.91 Å². The Labute approximate surface area is 473 Å². The molecule has 0 aromatic heterocycles. The number of aliphatic hydroxyl groups excluding tert-OH is 1. The molecule has 0 aromatic carbocycles. The summed E-state index contributed by atoms with van der Waals surface area (Å²) in [7, 11) is 6.53. The quantitative estimate of drug-likeness (QED) is 0.0578. The fourth-order valence-corrected chi connectivity index (χ4v) is 13.0. The Morgan fingerprint density at radius 2 is 1.33 bits per heavy atom. The molecule has 0 radical (unpaired) electrons. The van der Waals surface area contributed by atoms with E-state index in [1.165, 1.54) is 35.5 Å². The summed E-state index contributed by atoms with van der Waals surface area (Å²) >= 11 is 0. The predicted molar refractivity (Wildman–Crippen MR) is 280 cm³/mol. The van der Waals surface area contributed by atoms with E-state index in [0.717, 1.165) is 0 Å². The van der Waals surface area contributed by atoms with Crippen molar-refractivity contribution in [2.75, 3.05) is 61.9 Å². The van der Waals surface area contributed by atoms with E-state index in [1.807, 2.05) is 61.5 Å². The minimum Gasteiger partial charge on any atom is -0.682 e. The average Bonchev–Trinajstić information content (AvgIpc) is 4.22. The standard InChI is InChI=1S/C54H77N5O15.2CN.Co/c1-30-44-32(14-16-38(62)68-9)49(3,4)35(56-44)27-36-54(21-18-37(61)55-22-24-73-25-23-60)52(7,29-43(67)74-54)47(57-36)31(2)45-33(15-17-39(63)69-10)51(6,28-42(66)72-13)53(8,59-45)48-34(26-41(65)71-12)50(5,46(30)58-48)20-19-40(64)70-11;2*1-2;/h27,32-34,48,60H,14-26,28-29H2,1-13H3,(H2,55,56,57,58,59,61);;;/q;2*-1;+3/p-1/t32-,33-,34+,48?,50-,51+,52-,53+,54+;;;/m1.../s1. The molecule has 2 fully saturated rings. The molecule has 1 amide bonds. The van der Waals surface area contributed by atoms with E-state index < -0.39 is 92.4 Å². The van der Waals surface area contributed by atoms with Crippen molar-refractivity contribution in [2.45, 2.75) is 143 Å². The van der Waals surface area contributed by atoms with Crippen LogP contribution >= 0.6 is 0 Å². The van der Waals surface area contributed by atoms with Crippen LogP contribution in [0.1, 0.15) is 126 Å². The van der Waals surface area contributed by atoms with Crippen LogP contribution in [0.4, 0.5) is 0 Å². The van der Waals surface area contributed by atoms with E-state index in [2.05, 4.69) is 5.32 Å². The number of amides is 1. The molecule has 6 rings (SSSR count). The normalized spacial score (nSPS) is 31.9. The molecule has 23 heteroatoms. The topological polar surface area (TPSA) is 315 Å². The molecule has 434 valence electrons.